The van der Waals surface area contributed by atoms with Crippen molar-refractivity contribution in [2.45, 2.75) is 93.5 Å². The highest BCUT2D eigenvalue weighted by molar-refractivity contribution is 5.95. The number of carbonyl (C=O) groups excluding carboxylic acids is 3. The van der Waals surface area contributed by atoms with E-state index in [-0.39, 0.29) is 31.3 Å². The fourth-order valence-corrected chi connectivity index (χ4v) is 13.4. The molecule has 1 aliphatic carbocycles. The summed E-state index contributed by atoms with van der Waals surface area (Å²) in [7, 11) is 5.92. The Labute approximate surface area is 354 Å². The predicted octanol–water partition coefficient (Wildman–Crippen LogP) is 5.72. The van der Waals surface area contributed by atoms with Gasteiger partial charge in [-0.05, 0) is 80.0 Å². The topological polar surface area (TPSA) is 134 Å². The van der Waals surface area contributed by atoms with Crippen molar-refractivity contribution in [1.82, 2.24) is 14.8 Å². The molecule has 0 amide bonds. The molecule has 0 radical (unpaired) electrons. The van der Waals surface area contributed by atoms with Gasteiger partial charge in [0.2, 0.25) is 11.5 Å². The lowest BCUT2D eigenvalue weighted by Crippen LogP contribution is -2.81. The number of rotatable bonds is 8. The van der Waals surface area contributed by atoms with E-state index < -0.39 is 63.7 Å². The Balaban J connectivity index is 1.36. The molecule has 1 spiro atoms. The van der Waals surface area contributed by atoms with Gasteiger partial charge in [0.25, 0.3) is 0 Å². The van der Waals surface area contributed by atoms with Gasteiger partial charge in [0, 0.05) is 96.9 Å². The summed E-state index contributed by atoms with van der Waals surface area (Å²) < 4.78 is 54.6. The maximum atomic E-state index is 15.4. The summed E-state index contributed by atoms with van der Waals surface area (Å²) in [6.07, 6.45) is 5.73. The van der Waals surface area contributed by atoms with E-state index >= 15 is 13.6 Å². The highest BCUT2D eigenvalue weighted by atomic mass is 19.3. The standard InChI is InChI=1S/C47H56F2N4O8/c1-9-27-12-13-34-30(19-27)31-25-52-23-28(18-29(24-52)43(4,48)49)22-46(37(31)50-34,41(55)59-7)33-20-32-35(21-36(33)58-6)51(5)39-45(32)15-17-53-16-11-14-44(10-2,38(45)53)40(61-26(3)54)47(39,57)42(56)60-8/h9,11-14,19-21,28-29,38-40,50,57H,1,10,15-18,22-25H2,2-8H3/t28-,29?,38+,39-,40-,44-,45-,46+,47+/m1/s1. The Bertz CT molecular complexity index is 2380. The number of nitrogens with zero attached hydrogens (tertiary/aromatic N) is 3. The van der Waals surface area contributed by atoms with E-state index in [1.54, 1.807) is 6.08 Å². The Hall–Kier alpha value is -4.79. The van der Waals surface area contributed by atoms with Crippen LogP contribution in [-0.4, -0.2) is 122 Å². The molecule has 326 valence electrons. The molecule has 12 nitrogen and oxygen atoms in total. The fourth-order valence-electron chi connectivity index (χ4n) is 13.4. The van der Waals surface area contributed by atoms with Gasteiger partial charge in [-0.2, -0.15) is 0 Å². The lowest BCUT2D eigenvalue weighted by atomic mass is 9.47. The van der Waals surface area contributed by atoms with Crippen molar-refractivity contribution in [1.29, 1.82) is 0 Å². The number of anilines is 1. The number of H-pyrrole nitrogens is 1. The first-order valence-electron chi connectivity index (χ1n) is 21.3. The predicted molar refractivity (Wildman–Crippen MR) is 225 cm³/mol. The number of hydrogen-bond donors (Lipinski definition) is 2. The number of alkyl halides is 2. The first-order chi connectivity index (χ1) is 29.0. The van der Waals surface area contributed by atoms with Crippen LogP contribution in [0, 0.1) is 17.3 Å². The minimum absolute atomic E-state index is 0.135. The summed E-state index contributed by atoms with van der Waals surface area (Å²) in [4.78, 5) is 52.7. The van der Waals surface area contributed by atoms with Gasteiger partial charge in [-0.15, -0.1) is 0 Å². The van der Waals surface area contributed by atoms with Crippen LogP contribution >= 0.6 is 0 Å². The number of carbonyl (C=O) groups is 3. The quantitative estimate of drug-likeness (QED) is 0.164. The first kappa shape index (κ1) is 41.6. The van der Waals surface area contributed by atoms with Gasteiger partial charge in [0.15, 0.2) is 6.10 Å². The highest BCUT2D eigenvalue weighted by Gasteiger charge is 2.80. The van der Waals surface area contributed by atoms with Gasteiger partial charge in [0.05, 0.1) is 27.4 Å². The van der Waals surface area contributed by atoms with Gasteiger partial charge in [0.1, 0.15) is 11.2 Å². The van der Waals surface area contributed by atoms with Crippen molar-refractivity contribution in [3.63, 3.8) is 0 Å². The summed E-state index contributed by atoms with van der Waals surface area (Å²) in [6.45, 7) is 10.4. The number of aliphatic hydroxyl groups is 1. The highest BCUT2D eigenvalue weighted by Crippen LogP contribution is 2.68. The number of hydrogen-bond acceptors (Lipinski definition) is 11. The SMILES string of the molecule is C=Cc1ccc2[nH]c3c(c2c1)CN1CC(C(C)(F)F)C[C@@H](C1)C[C@]3(C(=O)OC)c1cc2c(cc1OC)N(C)[C@H]1[C@@](O)(C(=O)OC)[C@H](OC(C)=O)[C@]3(CC)C=CCN4CC[C@]21[C@@H]43. The maximum Gasteiger partial charge on any atom is 0.344 e. The van der Waals surface area contributed by atoms with Crippen molar-refractivity contribution < 1.29 is 47.2 Å². The zero-order valence-electron chi connectivity index (χ0n) is 36.0. The fraction of sp³-hybridized carbons (Fsp3) is 0.553. The van der Waals surface area contributed by atoms with Gasteiger partial charge < -0.3 is 33.9 Å². The van der Waals surface area contributed by atoms with Crippen LogP contribution < -0.4 is 9.64 Å². The van der Waals surface area contributed by atoms with Gasteiger partial charge in [-0.1, -0.05) is 37.8 Å². The minimum Gasteiger partial charge on any atom is -0.496 e. The normalized spacial score (nSPS) is 35.0. The van der Waals surface area contributed by atoms with Gasteiger partial charge in [-0.25, -0.2) is 13.6 Å². The molecule has 6 aliphatic rings. The molecule has 61 heavy (non-hydrogen) atoms. The summed E-state index contributed by atoms with van der Waals surface area (Å²) >= 11 is 0. The van der Waals surface area contributed by atoms with E-state index in [0.717, 1.165) is 34.5 Å². The molecular weight excluding hydrogens is 787 g/mol. The van der Waals surface area contributed by atoms with Crippen molar-refractivity contribution in [2.75, 3.05) is 59.5 Å². The van der Waals surface area contributed by atoms with Crippen LogP contribution in [0.4, 0.5) is 14.5 Å². The number of fused-ring (bicyclic) bond motifs is 6. The lowest BCUT2D eigenvalue weighted by molar-refractivity contribution is -0.228. The Kier molecular flexibility index (Phi) is 9.62. The average molecular weight is 843 g/mol. The molecule has 9 rings (SSSR count). The summed E-state index contributed by atoms with van der Waals surface area (Å²) in [5.41, 5.74) is -0.962. The van der Waals surface area contributed by atoms with Crippen LogP contribution in [0.15, 0.2) is 49.1 Å². The zero-order chi connectivity index (χ0) is 43.6. The largest absolute Gasteiger partial charge is 0.496 e. The van der Waals surface area contributed by atoms with Crippen LogP contribution in [-0.2, 0) is 46.0 Å². The first-order valence-corrected chi connectivity index (χ1v) is 21.3. The van der Waals surface area contributed by atoms with E-state index in [4.69, 9.17) is 18.9 Å². The molecule has 1 saturated carbocycles. The number of piperidine rings is 1. The molecule has 1 aromatic heterocycles. The van der Waals surface area contributed by atoms with E-state index in [1.165, 1.54) is 28.3 Å². The second-order valence-electron chi connectivity index (χ2n) is 18.5. The molecule has 14 heteroatoms. The molecule has 2 unspecified atom stereocenters. The molecule has 5 aliphatic heterocycles. The Morgan fingerprint density at radius 2 is 1.82 bits per heavy atom. The van der Waals surface area contributed by atoms with E-state index in [9.17, 15) is 14.7 Å². The van der Waals surface area contributed by atoms with E-state index in [0.29, 0.717) is 61.7 Å². The third-order valence-corrected chi connectivity index (χ3v) is 15.6. The average Bonchev–Trinajstić information content (AvgIpc) is 3.89. The third kappa shape index (κ3) is 5.46. The molecule has 3 aromatic rings. The number of aromatic nitrogens is 1. The molecule has 3 fully saturated rings. The van der Waals surface area contributed by atoms with Crippen molar-refractivity contribution in [3.05, 3.63) is 77.0 Å². The molecule has 2 N–H and O–H groups in total. The number of likely N-dealkylation sites (N-methyl/N-ethyl adjacent to an activating group) is 1. The summed E-state index contributed by atoms with van der Waals surface area (Å²) in [6, 6.07) is 8.41. The Morgan fingerprint density at radius 1 is 1.07 bits per heavy atom. The maximum absolute atomic E-state index is 15.4. The van der Waals surface area contributed by atoms with E-state index in [1.807, 2.05) is 61.4 Å². The molecule has 10 atom stereocenters. The Morgan fingerprint density at radius 3 is 2.48 bits per heavy atom. The van der Waals surface area contributed by atoms with Crippen molar-refractivity contribution in [2.24, 2.45) is 17.3 Å². The van der Waals surface area contributed by atoms with Crippen molar-refractivity contribution >= 4 is 40.6 Å². The monoisotopic (exact) mass is 842 g/mol. The smallest absolute Gasteiger partial charge is 0.344 e. The summed E-state index contributed by atoms with van der Waals surface area (Å²) in [5.74, 6) is -6.02. The van der Waals surface area contributed by atoms with Crippen LogP contribution in [0.2, 0.25) is 0 Å². The van der Waals surface area contributed by atoms with Gasteiger partial charge in [-0.3, -0.25) is 19.4 Å². The number of aromatic amines is 1. The molecule has 2 bridgehead atoms. The number of ether oxygens (including phenoxy) is 4. The minimum atomic E-state index is -2.96. The number of benzene rings is 2. The van der Waals surface area contributed by atoms with Crippen LogP contribution in [0.3, 0.4) is 0 Å². The lowest BCUT2D eigenvalue weighted by Gasteiger charge is -2.63. The molecule has 2 saturated heterocycles. The second kappa shape index (κ2) is 14.1. The number of methoxy groups -OCH3 is 3. The second-order valence-corrected chi connectivity index (χ2v) is 18.5. The van der Waals surface area contributed by atoms with Crippen LogP contribution in [0.25, 0.3) is 17.0 Å². The number of halogens is 2. The molecular formula is C47H56F2N4O8. The van der Waals surface area contributed by atoms with Crippen molar-refractivity contribution in [3.8, 4) is 5.75 Å². The molecule has 2 aromatic carbocycles. The van der Waals surface area contributed by atoms with Crippen LogP contribution in [0.5, 0.6) is 5.75 Å². The zero-order valence-corrected chi connectivity index (χ0v) is 36.0. The third-order valence-electron chi connectivity index (χ3n) is 15.6. The van der Waals surface area contributed by atoms with E-state index in [2.05, 4.69) is 21.4 Å². The van der Waals surface area contributed by atoms with Gasteiger partial charge >= 0.3 is 17.9 Å². The number of esters is 3. The van der Waals surface area contributed by atoms with Crippen LogP contribution in [0.1, 0.15) is 74.4 Å². The number of nitrogens with one attached hydrogen (secondary N) is 1. The molecule has 6 heterocycles. The summed E-state index contributed by atoms with van der Waals surface area (Å²) in [5, 5.41) is 14.2.